The molecule has 0 bridgehead atoms. The maximum Gasteiger partial charge on any atom is 0.234 e. The topological polar surface area (TPSA) is 116 Å². The first-order valence-electron chi connectivity index (χ1n) is 12.7. The van der Waals surface area contributed by atoms with Gasteiger partial charge in [-0.3, -0.25) is 9.59 Å². The van der Waals surface area contributed by atoms with E-state index in [1.165, 1.54) is 23.5 Å². The number of amides is 2. The van der Waals surface area contributed by atoms with Crippen LogP contribution in [0.25, 0.3) is 32.8 Å². The minimum atomic E-state index is -0.138. The maximum absolute atomic E-state index is 12.8. The quantitative estimate of drug-likeness (QED) is 0.153. The first-order valence-corrected chi connectivity index (χ1v) is 14.7. The van der Waals surface area contributed by atoms with Gasteiger partial charge in [-0.2, -0.15) is 0 Å². The zero-order chi connectivity index (χ0) is 27.6. The highest BCUT2D eigenvalue weighted by atomic mass is 32.2. The first kappa shape index (κ1) is 26.0. The molecule has 4 aromatic carbocycles. The number of nitrogens with one attached hydrogen (secondary N) is 4. The fourth-order valence-electron chi connectivity index (χ4n) is 4.51. The van der Waals surface area contributed by atoms with Gasteiger partial charge >= 0.3 is 0 Å². The van der Waals surface area contributed by atoms with E-state index >= 15 is 0 Å². The highest BCUT2D eigenvalue weighted by Gasteiger charge is 2.13. The number of H-pyrrole nitrogens is 2. The zero-order valence-corrected chi connectivity index (χ0v) is 23.5. The van der Waals surface area contributed by atoms with Crippen LogP contribution in [-0.4, -0.2) is 43.3 Å². The number of aromatic amines is 2. The first-order chi connectivity index (χ1) is 19.4. The van der Waals surface area contributed by atoms with Gasteiger partial charge in [-0.25, -0.2) is 9.97 Å². The number of carbonyl (C=O) groups excluding carboxylic acids is 2. The van der Waals surface area contributed by atoms with Crippen LogP contribution in [0.1, 0.15) is 11.1 Å². The van der Waals surface area contributed by atoms with Gasteiger partial charge in [0.15, 0.2) is 10.3 Å². The molecule has 2 heterocycles. The van der Waals surface area contributed by atoms with Gasteiger partial charge in [0, 0.05) is 22.1 Å². The fraction of sp³-hybridized carbons (Fsp3) is 0.133. The Hall–Kier alpha value is -4.28. The second-order valence-corrected chi connectivity index (χ2v) is 11.4. The molecule has 6 aromatic rings. The molecule has 6 rings (SSSR count). The third-order valence-electron chi connectivity index (χ3n) is 6.38. The lowest BCUT2D eigenvalue weighted by Gasteiger charge is -2.12. The number of aromatic nitrogens is 4. The molecule has 0 aliphatic heterocycles. The molecular weight excluding hydrogens is 541 g/mol. The van der Waals surface area contributed by atoms with Gasteiger partial charge in [0.05, 0.1) is 33.6 Å². The molecule has 0 saturated heterocycles. The number of aryl methyl sites for hydroxylation is 2. The van der Waals surface area contributed by atoms with Gasteiger partial charge in [0.1, 0.15) is 0 Å². The molecule has 10 heteroatoms. The molecule has 40 heavy (non-hydrogen) atoms. The maximum atomic E-state index is 12.8. The van der Waals surface area contributed by atoms with E-state index < -0.39 is 0 Å². The predicted octanol–water partition coefficient (Wildman–Crippen LogP) is 6.67. The van der Waals surface area contributed by atoms with Gasteiger partial charge in [-0.05, 0) is 61.4 Å². The van der Waals surface area contributed by atoms with Crippen LogP contribution in [0, 0.1) is 13.8 Å². The van der Waals surface area contributed by atoms with E-state index in [0.29, 0.717) is 21.7 Å². The molecule has 0 fully saturated rings. The number of thioether (sulfide) groups is 2. The number of nitrogens with zero attached hydrogens (tertiary/aromatic N) is 2. The zero-order valence-electron chi connectivity index (χ0n) is 21.9. The van der Waals surface area contributed by atoms with Crippen molar-refractivity contribution in [3.63, 3.8) is 0 Å². The van der Waals surface area contributed by atoms with E-state index in [1.807, 2.05) is 86.6 Å². The number of imidazole rings is 2. The number of fused-ring (bicyclic) bond motifs is 3. The third kappa shape index (κ3) is 5.68. The number of hydrogen-bond acceptors (Lipinski definition) is 6. The molecule has 4 N–H and O–H groups in total. The normalized spacial score (nSPS) is 11.3. The van der Waals surface area contributed by atoms with Gasteiger partial charge < -0.3 is 20.6 Å². The number of benzene rings is 4. The number of carbonyl (C=O) groups is 2. The summed E-state index contributed by atoms with van der Waals surface area (Å²) >= 11 is 2.71. The minimum Gasteiger partial charge on any atom is -0.333 e. The Morgan fingerprint density at radius 3 is 1.57 bits per heavy atom. The lowest BCUT2D eigenvalue weighted by molar-refractivity contribution is -0.114. The van der Waals surface area contributed by atoms with Crippen molar-refractivity contribution in [3.05, 3.63) is 83.9 Å². The fourth-order valence-corrected chi connectivity index (χ4v) is 5.88. The Morgan fingerprint density at radius 1 is 0.675 bits per heavy atom. The highest BCUT2D eigenvalue weighted by molar-refractivity contribution is 8.00. The molecule has 0 aliphatic rings. The van der Waals surface area contributed by atoms with Gasteiger partial charge in [-0.1, -0.05) is 59.9 Å². The van der Waals surface area contributed by atoms with Crippen molar-refractivity contribution in [2.45, 2.75) is 24.2 Å². The van der Waals surface area contributed by atoms with Crippen LogP contribution in [-0.2, 0) is 9.59 Å². The summed E-state index contributed by atoms with van der Waals surface area (Å²) in [5.74, 6) is 0.149. The van der Waals surface area contributed by atoms with Crippen LogP contribution in [0.15, 0.2) is 83.1 Å². The van der Waals surface area contributed by atoms with Crippen molar-refractivity contribution in [3.8, 4) is 0 Å². The Balaban J connectivity index is 1.10. The smallest absolute Gasteiger partial charge is 0.234 e. The number of hydrogen-bond donors (Lipinski definition) is 4. The van der Waals surface area contributed by atoms with Gasteiger partial charge in [-0.15, -0.1) is 0 Å². The summed E-state index contributed by atoms with van der Waals surface area (Å²) in [5.41, 5.74) is 7.34. The van der Waals surface area contributed by atoms with Crippen LogP contribution in [0.3, 0.4) is 0 Å². The average molecular weight is 567 g/mol. The van der Waals surface area contributed by atoms with E-state index in [1.54, 1.807) is 0 Å². The summed E-state index contributed by atoms with van der Waals surface area (Å²) in [4.78, 5) is 41.2. The highest BCUT2D eigenvalue weighted by Crippen LogP contribution is 2.30. The predicted molar refractivity (Wildman–Crippen MR) is 164 cm³/mol. The Labute approximate surface area is 238 Å². The van der Waals surface area contributed by atoms with Crippen LogP contribution >= 0.6 is 23.5 Å². The van der Waals surface area contributed by atoms with Crippen LogP contribution < -0.4 is 10.6 Å². The summed E-state index contributed by atoms with van der Waals surface area (Å²) in [5, 5.41) is 9.12. The van der Waals surface area contributed by atoms with E-state index in [0.717, 1.165) is 44.0 Å². The van der Waals surface area contributed by atoms with Crippen molar-refractivity contribution in [2.75, 3.05) is 22.1 Å². The monoisotopic (exact) mass is 566 g/mol. The lowest BCUT2D eigenvalue weighted by atomic mass is 10.1. The lowest BCUT2D eigenvalue weighted by Crippen LogP contribution is -2.15. The molecule has 0 radical (unpaired) electrons. The summed E-state index contributed by atoms with van der Waals surface area (Å²) in [6, 6.07) is 23.4. The van der Waals surface area contributed by atoms with Crippen molar-refractivity contribution in [2.24, 2.45) is 0 Å². The summed E-state index contributed by atoms with van der Waals surface area (Å²) in [6.07, 6.45) is 0. The second kappa shape index (κ2) is 11.1. The van der Waals surface area contributed by atoms with Crippen molar-refractivity contribution in [1.82, 2.24) is 19.9 Å². The number of rotatable bonds is 8. The van der Waals surface area contributed by atoms with Crippen LogP contribution in [0.5, 0.6) is 0 Å². The average Bonchev–Trinajstić information content (AvgIpc) is 3.54. The third-order valence-corrected chi connectivity index (χ3v) is 8.13. The summed E-state index contributed by atoms with van der Waals surface area (Å²) < 4.78 is 0. The van der Waals surface area contributed by atoms with E-state index in [4.69, 9.17) is 0 Å². The Bertz CT molecular complexity index is 1760. The molecule has 0 spiro atoms. The Morgan fingerprint density at radius 2 is 1.12 bits per heavy atom. The second-order valence-electron chi connectivity index (χ2n) is 9.51. The molecule has 0 saturated carbocycles. The molecule has 0 aliphatic carbocycles. The van der Waals surface area contributed by atoms with Crippen molar-refractivity contribution in [1.29, 1.82) is 0 Å². The summed E-state index contributed by atoms with van der Waals surface area (Å²) in [7, 11) is 0. The Kier molecular flexibility index (Phi) is 7.19. The summed E-state index contributed by atoms with van der Waals surface area (Å²) in [6.45, 7) is 4.06. The van der Waals surface area contributed by atoms with Crippen molar-refractivity contribution < 1.29 is 9.59 Å². The van der Waals surface area contributed by atoms with E-state index in [9.17, 15) is 9.59 Å². The van der Waals surface area contributed by atoms with Crippen molar-refractivity contribution >= 4 is 79.6 Å². The standard InChI is InChI=1S/C30H26N6O2S2/c1-17-9-11-23-25(13-17)35-29(33-23)39-15-27(37)31-21-7-3-6-20-19(21)5-4-8-22(20)32-28(38)16-40-30-34-24-12-10-18(2)14-26(24)36-30/h3-14H,15-16H2,1-2H3,(H,31,37)(H,32,38)(H,33,35)(H,34,36). The molecular formula is C30H26N6O2S2. The molecule has 8 nitrogen and oxygen atoms in total. The van der Waals surface area contributed by atoms with Gasteiger partial charge in [0.2, 0.25) is 11.8 Å². The molecule has 200 valence electrons. The largest absolute Gasteiger partial charge is 0.333 e. The van der Waals surface area contributed by atoms with E-state index in [-0.39, 0.29) is 23.3 Å². The molecule has 2 amide bonds. The van der Waals surface area contributed by atoms with Crippen LogP contribution in [0.4, 0.5) is 11.4 Å². The SMILES string of the molecule is Cc1ccc2nc(SCC(=O)Nc3cccc4c(NC(=O)CSc5nc6ccc(C)cc6[nH]5)cccc34)[nH]c2c1. The van der Waals surface area contributed by atoms with E-state index in [2.05, 4.69) is 30.6 Å². The van der Waals surface area contributed by atoms with Gasteiger partial charge in [0.25, 0.3) is 0 Å². The molecule has 2 aromatic heterocycles. The van der Waals surface area contributed by atoms with Crippen LogP contribution in [0.2, 0.25) is 0 Å². The minimum absolute atomic E-state index is 0.138. The number of anilines is 2. The molecule has 0 unspecified atom stereocenters. The molecule has 0 atom stereocenters.